The highest BCUT2D eigenvalue weighted by Gasteiger charge is 2.14. The lowest BCUT2D eigenvalue weighted by Crippen LogP contribution is -2.17. The highest BCUT2D eigenvalue weighted by Crippen LogP contribution is 2.12. The Morgan fingerprint density at radius 2 is 2.12 bits per heavy atom. The van der Waals surface area contributed by atoms with Gasteiger partial charge < -0.3 is 4.74 Å². The Morgan fingerprint density at radius 1 is 1.38 bits per heavy atom. The summed E-state index contributed by atoms with van der Waals surface area (Å²) in [6.07, 6.45) is 0.650. The lowest BCUT2D eigenvalue weighted by atomic mass is 10.1. The average molecular weight is 241 g/mol. The quantitative estimate of drug-likeness (QED) is 0.586. The second-order valence-electron chi connectivity index (χ2n) is 3.27. The fourth-order valence-electron chi connectivity index (χ4n) is 1.26. The lowest BCUT2D eigenvalue weighted by molar-refractivity contribution is -0.153. The van der Waals surface area contributed by atoms with E-state index in [4.69, 9.17) is 11.6 Å². The van der Waals surface area contributed by atoms with Crippen molar-refractivity contribution < 1.29 is 14.3 Å². The minimum absolute atomic E-state index is 0.152. The van der Waals surface area contributed by atoms with Crippen LogP contribution in [0.4, 0.5) is 0 Å². The molecule has 0 atom stereocenters. The molecule has 0 aliphatic rings. The van der Waals surface area contributed by atoms with Crippen LogP contribution in [-0.4, -0.2) is 18.4 Å². The van der Waals surface area contributed by atoms with Crippen molar-refractivity contribution in [1.82, 2.24) is 0 Å². The van der Waals surface area contributed by atoms with Crippen LogP contribution in [0.3, 0.4) is 0 Å². The maximum absolute atomic E-state index is 11.3. The van der Waals surface area contributed by atoms with E-state index in [1.807, 2.05) is 12.1 Å². The van der Waals surface area contributed by atoms with Crippen molar-refractivity contribution in [3.05, 3.63) is 34.9 Å². The van der Waals surface area contributed by atoms with Crippen LogP contribution in [-0.2, 0) is 20.7 Å². The Labute approximate surface area is 99.4 Å². The summed E-state index contributed by atoms with van der Waals surface area (Å²) in [6.45, 7) is 1.89. The topological polar surface area (TPSA) is 43.4 Å². The first kappa shape index (κ1) is 12.7. The predicted octanol–water partition coefficient (Wildman–Crippen LogP) is 2.40. The molecule has 0 radical (unpaired) electrons. The predicted molar refractivity (Wildman–Crippen MR) is 61.4 cm³/mol. The normalized spacial score (nSPS) is 9.88. The highest BCUT2D eigenvalue weighted by molar-refractivity contribution is 6.33. The number of rotatable bonds is 5. The van der Waals surface area contributed by atoms with Gasteiger partial charge in [-0.1, -0.05) is 23.7 Å². The van der Waals surface area contributed by atoms with Crippen LogP contribution in [0.5, 0.6) is 0 Å². The first-order chi connectivity index (χ1) is 7.63. The number of carbonyl (C=O) groups excluding carboxylic acids is 2. The van der Waals surface area contributed by atoms with Crippen molar-refractivity contribution in [1.29, 1.82) is 0 Å². The summed E-state index contributed by atoms with van der Waals surface area (Å²) >= 11 is 5.80. The largest absolute Gasteiger partial charge is 0.460 e. The molecule has 0 fully saturated rings. The van der Waals surface area contributed by atoms with Gasteiger partial charge in [0.15, 0.2) is 0 Å². The molecule has 0 bridgehead atoms. The minimum atomic E-state index is -0.760. The second kappa shape index (κ2) is 6.28. The lowest BCUT2D eigenvalue weighted by Gasteiger charge is -2.02. The number of Topliss-reactive ketones (excluding diaryl/α,β-unsaturated/α-hetero) is 1. The third-order valence-corrected chi connectivity index (χ3v) is 2.27. The van der Waals surface area contributed by atoms with Crippen LogP contribution < -0.4 is 0 Å². The van der Waals surface area contributed by atoms with E-state index < -0.39 is 11.8 Å². The van der Waals surface area contributed by atoms with Gasteiger partial charge in [-0.05, 0) is 31.0 Å². The Balaban J connectivity index is 2.46. The number of hydrogen-bond acceptors (Lipinski definition) is 3. The van der Waals surface area contributed by atoms with Crippen LogP contribution in [0, 0.1) is 0 Å². The summed E-state index contributed by atoms with van der Waals surface area (Å²) in [5.41, 5.74) is 0.935. The van der Waals surface area contributed by atoms with Crippen molar-refractivity contribution >= 4 is 23.4 Å². The van der Waals surface area contributed by atoms with E-state index in [1.165, 1.54) is 0 Å². The third-order valence-electron chi connectivity index (χ3n) is 2.03. The summed E-state index contributed by atoms with van der Waals surface area (Å²) in [4.78, 5) is 22.3. The minimum Gasteiger partial charge on any atom is -0.460 e. The van der Waals surface area contributed by atoms with Gasteiger partial charge in [0, 0.05) is 11.4 Å². The summed E-state index contributed by atoms with van der Waals surface area (Å²) in [5.74, 6) is -1.26. The zero-order chi connectivity index (χ0) is 12.0. The summed E-state index contributed by atoms with van der Waals surface area (Å²) in [5, 5.41) is 0.626. The van der Waals surface area contributed by atoms with Gasteiger partial charge in [-0.15, -0.1) is 0 Å². The van der Waals surface area contributed by atoms with Gasteiger partial charge in [0.05, 0.1) is 6.61 Å². The molecule has 3 nitrogen and oxygen atoms in total. The van der Waals surface area contributed by atoms with Crippen molar-refractivity contribution in [3.8, 4) is 0 Å². The van der Waals surface area contributed by atoms with E-state index in [0.29, 0.717) is 11.4 Å². The molecule has 0 aromatic heterocycles. The zero-order valence-corrected chi connectivity index (χ0v) is 9.79. The Bertz CT molecular complexity index is 388. The molecule has 0 saturated heterocycles. The maximum Gasteiger partial charge on any atom is 0.374 e. The molecule has 16 heavy (non-hydrogen) atoms. The van der Waals surface area contributed by atoms with Crippen LogP contribution in [0.1, 0.15) is 18.9 Å². The molecule has 0 saturated carbocycles. The summed E-state index contributed by atoms with van der Waals surface area (Å²) < 4.78 is 4.60. The van der Waals surface area contributed by atoms with Gasteiger partial charge in [-0.2, -0.15) is 0 Å². The molecular weight excluding hydrogens is 228 g/mol. The molecule has 86 valence electrons. The molecule has 1 aromatic carbocycles. The molecule has 0 N–H and O–H groups in total. The molecule has 1 rings (SSSR count). The molecule has 4 heteroatoms. The van der Waals surface area contributed by atoms with Crippen molar-refractivity contribution in [2.24, 2.45) is 0 Å². The Kier molecular flexibility index (Phi) is 4.99. The van der Waals surface area contributed by atoms with Gasteiger partial charge in [0.25, 0.3) is 0 Å². The van der Waals surface area contributed by atoms with Crippen molar-refractivity contribution in [2.75, 3.05) is 6.61 Å². The number of ketones is 1. The van der Waals surface area contributed by atoms with E-state index in [2.05, 4.69) is 4.74 Å². The van der Waals surface area contributed by atoms with Crippen LogP contribution in [0.2, 0.25) is 5.02 Å². The molecular formula is C12H13ClO3. The van der Waals surface area contributed by atoms with Crippen molar-refractivity contribution in [2.45, 2.75) is 19.8 Å². The van der Waals surface area contributed by atoms with Gasteiger partial charge >= 0.3 is 5.97 Å². The van der Waals surface area contributed by atoms with Gasteiger partial charge in [0.2, 0.25) is 5.78 Å². The second-order valence-corrected chi connectivity index (χ2v) is 3.71. The first-order valence-corrected chi connectivity index (χ1v) is 5.45. The molecule has 0 aliphatic carbocycles. The number of esters is 1. The van der Waals surface area contributed by atoms with Gasteiger partial charge in [-0.25, -0.2) is 4.79 Å². The van der Waals surface area contributed by atoms with E-state index >= 15 is 0 Å². The number of hydrogen-bond donors (Lipinski definition) is 0. The summed E-state index contributed by atoms with van der Waals surface area (Å²) in [7, 11) is 0. The number of halogens is 1. The van der Waals surface area contributed by atoms with E-state index in [-0.39, 0.29) is 13.0 Å². The Morgan fingerprint density at radius 3 is 2.75 bits per heavy atom. The van der Waals surface area contributed by atoms with Crippen molar-refractivity contribution in [3.63, 3.8) is 0 Å². The Hall–Kier alpha value is -1.35. The number of aryl methyl sites for hydroxylation is 1. The fraction of sp³-hybridized carbons (Fsp3) is 0.333. The monoisotopic (exact) mass is 240 g/mol. The summed E-state index contributed by atoms with van der Waals surface area (Å²) in [6, 6.07) is 7.22. The van der Waals surface area contributed by atoms with Crippen LogP contribution in [0.15, 0.2) is 24.3 Å². The van der Waals surface area contributed by atoms with E-state index in [9.17, 15) is 9.59 Å². The molecule has 0 unspecified atom stereocenters. The fourth-order valence-corrected chi connectivity index (χ4v) is 1.48. The van der Waals surface area contributed by atoms with Crippen LogP contribution >= 0.6 is 11.6 Å². The molecule has 0 amide bonds. The highest BCUT2D eigenvalue weighted by atomic mass is 35.5. The maximum atomic E-state index is 11.3. The standard InChI is InChI=1S/C12H13ClO3/c1-2-16-12(15)11(14)7-6-9-4-3-5-10(13)8-9/h3-5,8H,2,6-7H2,1H3. The van der Waals surface area contributed by atoms with Crippen LogP contribution in [0.25, 0.3) is 0 Å². The average Bonchev–Trinajstić information content (AvgIpc) is 2.26. The van der Waals surface area contributed by atoms with Gasteiger partial charge in [-0.3, -0.25) is 4.79 Å². The SMILES string of the molecule is CCOC(=O)C(=O)CCc1cccc(Cl)c1. The molecule has 1 aromatic rings. The van der Waals surface area contributed by atoms with E-state index in [0.717, 1.165) is 5.56 Å². The number of ether oxygens (including phenoxy) is 1. The first-order valence-electron chi connectivity index (χ1n) is 5.08. The smallest absolute Gasteiger partial charge is 0.374 e. The number of carbonyl (C=O) groups is 2. The zero-order valence-electron chi connectivity index (χ0n) is 9.03. The van der Waals surface area contributed by atoms with Gasteiger partial charge in [0.1, 0.15) is 0 Å². The molecule has 0 heterocycles. The molecule has 0 aliphatic heterocycles. The number of benzene rings is 1. The third kappa shape index (κ3) is 4.03. The molecule has 0 spiro atoms. The van der Waals surface area contributed by atoms with E-state index in [1.54, 1.807) is 19.1 Å².